The second-order valence-electron chi connectivity index (χ2n) is 4.72. The van der Waals surface area contributed by atoms with Crippen molar-refractivity contribution < 1.29 is 22.4 Å². The van der Waals surface area contributed by atoms with Crippen LogP contribution in [0.2, 0.25) is 0 Å². The molecule has 0 bridgehead atoms. The fourth-order valence-electron chi connectivity index (χ4n) is 2.24. The minimum atomic E-state index is -4.81. The van der Waals surface area contributed by atoms with Crippen molar-refractivity contribution >= 4 is 5.91 Å². The second-order valence-corrected chi connectivity index (χ2v) is 4.72. The second kappa shape index (κ2) is 5.40. The monoisotopic (exact) mass is 290 g/mol. The molecule has 3 nitrogen and oxygen atoms in total. The number of likely N-dealkylation sites (N-methyl/N-ethyl adjacent to an activating group) is 1. The van der Waals surface area contributed by atoms with Crippen LogP contribution in [-0.4, -0.2) is 37.0 Å². The topological polar surface area (TPSA) is 32.3 Å². The average Bonchev–Trinajstić information content (AvgIpc) is 2.86. The van der Waals surface area contributed by atoms with E-state index in [1.165, 1.54) is 4.90 Å². The van der Waals surface area contributed by atoms with Gasteiger partial charge in [-0.05, 0) is 31.7 Å². The van der Waals surface area contributed by atoms with Crippen molar-refractivity contribution in [3.63, 3.8) is 0 Å². The molecule has 7 heteroatoms. The number of likely N-dealkylation sites (tertiary alicyclic amines) is 1. The largest absolute Gasteiger partial charge is 0.419 e. The molecule has 0 aromatic heterocycles. The van der Waals surface area contributed by atoms with Crippen molar-refractivity contribution in [2.75, 3.05) is 20.1 Å². The van der Waals surface area contributed by atoms with Gasteiger partial charge in [-0.1, -0.05) is 0 Å². The van der Waals surface area contributed by atoms with Crippen molar-refractivity contribution in [3.8, 4) is 0 Å². The van der Waals surface area contributed by atoms with Gasteiger partial charge in [-0.25, -0.2) is 4.39 Å². The molecular weight excluding hydrogens is 276 g/mol. The van der Waals surface area contributed by atoms with Gasteiger partial charge in [-0.3, -0.25) is 4.79 Å². The lowest BCUT2D eigenvalue weighted by Crippen LogP contribution is -2.33. The first-order valence-electron chi connectivity index (χ1n) is 6.16. The van der Waals surface area contributed by atoms with Gasteiger partial charge in [-0.15, -0.1) is 0 Å². The van der Waals surface area contributed by atoms with Crippen LogP contribution >= 0.6 is 0 Å². The number of amides is 1. The molecule has 1 heterocycles. The summed E-state index contributed by atoms with van der Waals surface area (Å²) in [6, 6.07) is 2.48. The van der Waals surface area contributed by atoms with Gasteiger partial charge in [0.15, 0.2) is 0 Å². The number of hydrogen-bond acceptors (Lipinski definition) is 2. The van der Waals surface area contributed by atoms with Gasteiger partial charge in [0.1, 0.15) is 5.82 Å². The first kappa shape index (κ1) is 14.8. The van der Waals surface area contributed by atoms with Gasteiger partial charge in [0.05, 0.1) is 5.56 Å². The zero-order chi connectivity index (χ0) is 14.9. The highest BCUT2D eigenvalue weighted by molar-refractivity contribution is 5.94. The maximum atomic E-state index is 13.2. The van der Waals surface area contributed by atoms with E-state index in [0.29, 0.717) is 25.2 Å². The number of rotatable bonds is 2. The van der Waals surface area contributed by atoms with Crippen LogP contribution in [0.15, 0.2) is 18.2 Å². The normalized spacial score (nSPS) is 19.4. The molecule has 1 aromatic carbocycles. The van der Waals surface area contributed by atoms with Gasteiger partial charge >= 0.3 is 6.18 Å². The molecule has 0 radical (unpaired) electrons. The van der Waals surface area contributed by atoms with Crippen LogP contribution in [0.3, 0.4) is 0 Å². The summed E-state index contributed by atoms with van der Waals surface area (Å²) >= 11 is 0. The molecular formula is C13H14F4N2O. The molecule has 1 unspecified atom stereocenters. The minimum Gasteiger partial charge on any atom is -0.337 e. The lowest BCUT2D eigenvalue weighted by atomic mass is 10.1. The molecule has 1 atom stereocenters. The van der Waals surface area contributed by atoms with Gasteiger partial charge in [0.25, 0.3) is 5.91 Å². The Morgan fingerprint density at radius 3 is 2.65 bits per heavy atom. The molecule has 1 aliphatic rings. The first-order chi connectivity index (χ1) is 9.32. The summed E-state index contributed by atoms with van der Waals surface area (Å²) in [6.07, 6.45) is -4.06. The summed E-state index contributed by atoms with van der Waals surface area (Å²) in [4.78, 5) is 13.6. The molecule has 1 N–H and O–H groups in total. The van der Waals surface area contributed by atoms with Gasteiger partial charge in [-0.2, -0.15) is 13.2 Å². The van der Waals surface area contributed by atoms with Crippen LogP contribution in [0, 0.1) is 5.82 Å². The van der Waals surface area contributed by atoms with Gasteiger partial charge in [0, 0.05) is 24.7 Å². The van der Waals surface area contributed by atoms with E-state index in [2.05, 4.69) is 5.32 Å². The smallest absolute Gasteiger partial charge is 0.337 e. The van der Waals surface area contributed by atoms with E-state index in [0.717, 1.165) is 12.5 Å². The third-order valence-electron chi connectivity index (χ3n) is 3.40. The predicted molar refractivity (Wildman–Crippen MR) is 64.8 cm³/mol. The zero-order valence-corrected chi connectivity index (χ0v) is 10.8. The third kappa shape index (κ3) is 2.92. The van der Waals surface area contributed by atoms with Crippen LogP contribution in [-0.2, 0) is 6.18 Å². The van der Waals surface area contributed by atoms with Gasteiger partial charge in [0.2, 0.25) is 0 Å². The molecule has 0 spiro atoms. The number of benzene rings is 1. The summed E-state index contributed by atoms with van der Waals surface area (Å²) in [5, 5.41) is 3.01. The summed E-state index contributed by atoms with van der Waals surface area (Å²) in [5.41, 5.74) is -1.55. The number of carbonyl (C=O) groups excluding carboxylic acids is 1. The van der Waals surface area contributed by atoms with E-state index in [9.17, 15) is 22.4 Å². The number of halogens is 4. The van der Waals surface area contributed by atoms with E-state index in [1.54, 1.807) is 7.05 Å². The SMILES string of the molecule is CNC1CCN(C(=O)c2ccc(F)c(C(F)(F)F)c2)C1. The van der Waals surface area contributed by atoms with E-state index in [-0.39, 0.29) is 11.6 Å². The van der Waals surface area contributed by atoms with E-state index < -0.39 is 23.5 Å². The maximum Gasteiger partial charge on any atom is 0.419 e. The van der Waals surface area contributed by atoms with E-state index in [4.69, 9.17) is 0 Å². The molecule has 2 rings (SSSR count). The lowest BCUT2D eigenvalue weighted by molar-refractivity contribution is -0.140. The summed E-state index contributed by atoms with van der Waals surface area (Å²) in [5.74, 6) is -1.88. The van der Waals surface area contributed by atoms with Crippen LogP contribution < -0.4 is 5.32 Å². The maximum absolute atomic E-state index is 13.2. The zero-order valence-electron chi connectivity index (χ0n) is 10.8. The molecule has 1 aliphatic heterocycles. The van der Waals surface area contributed by atoms with Crippen molar-refractivity contribution in [1.82, 2.24) is 10.2 Å². The van der Waals surface area contributed by atoms with Gasteiger partial charge < -0.3 is 10.2 Å². The number of nitrogens with one attached hydrogen (secondary N) is 1. The average molecular weight is 290 g/mol. The summed E-state index contributed by atoms with van der Waals surface area (Å²) < 4.78 is 51.0. The minimum absolute atomic E-state index is 0.140. The summed E-state index contributed by atoms with van der Waals surface area (Å²) in [7, 11) is 1.76. The molecule has 1 fully saturated rings. The van der Waals surface area contributed by atoms with E-state index in [1.807, 2.05) is 0 Å². The van der Waals surface area contributed by atoms with Crippen molar-refractivity contribution in [3.05, 3.63) is 35.1 Å². The molecule has 110 valence electrons. The fraction of sp³-hybridized carbons (Fsp3) is 0.462. The Morgan fingerprint density at radius 2 is 2.10 bits per heavy atom. The number of nitrogens with zero attached hydrogens (tertiary/aromatic N) is 1. The Labute approximate surface area is 113 Å². The quantitative estimate of drug-likeness (QED) is 0.848. The Morgan fingerprint density at radius 1 is 1.40 bits per heavy atom. The highest BCUT2D eigenvalue weighted by Gasteiger charge is 2.35. The lowest BCUT2D eigenvalue weighted by Gasteiger charge is -2.17. The number of alkyl halides is 3. The van der Waals surface area contributed by atoms with Crippen molar-refractivity contribution in [1.29, 1.82) is 0 Å². The highest BCUT2D eigenvalue weighted by atomic mass is 19.4. The molecule has 20 heavy (non-hydrogen) atoms. The number of hydrogen-bond donors (Lipinski definition) is 1. The Hall–Kier alpha value is -1.63. The van der Waals surface area contributed by atoms with E-state index >= 15 is 0 Å². The van der Waals surface area contributed by atoms with Crippen LogP contribution in [0.1, 0.15) is 22.3 Å². The highest BCUT2D eigenvalue weighted by Crippen LogP contribution is 2.32. The fourth-order valence-corrected chi connectivity index (χ4v) is 2.24. The molecule has 0 saturated carbocycles. The molecule has 0 aliphatic carbocycles. The Bertz CT molecular complexity index is 516. The molecule has 1 aromatic rings. The summed E-state index contributed by atoms with van der Waals surface area (Å²) in [6.45, 7) is 0.914. The standard InChI is InChI=1S/C13H14F4N2O/c1-18-9-4-5-19(7-9)12(20)8-2-3-11(14)10(6-8)13(15,16)17/h2-3,6,9,18H,4-5,7H2,1H3. The molecule has 1 saturated heterocycles. The number of carbonyl (C=O) groups is 1. The van der Waals surface area contributed by atoms with Crippen LogP contribution in [0.5, 0.6) is 0 Å². The van der Waals surface area contributed by atoms with Crippen LogP contribution in [0.25, 0.3) is 0 Å². The van der Waals surface area contributed by atoms with Crippen LogP contribution in [0.4, 0.5) is 17.6 Å². The predicted octanol–water partition coefficient (Wildman–Crippen LogP) is 2.28. The Kier molecular flexibility index (Phi) is 3.99. The third-order valence-corrected chi connectivity index (χ3v) is 3.40. The molecule has 1 amide bonds. The first-order valence-corrected chi connectivity index (χ1v) is 6.16. The Balaban J connectivity index is 2.23. The van der Waals surface area contributed by atoms with Crippen molar-refractivity contribution in [2.45, 2.75) is 18.6 Å². The van der Waals surface area contributed by atoms with Crippen molar-refractivity contribution in [2.24, 2.45) is 0 Å².